The van der Waals surface area contributed by atoms with E-state index in [-0.39, 0.29) is 6.61 Å². The maximum atomic E-state index is 9.92. The van der Waals surface area contributed by atoms with E-state index in [0.29, 0.717) is 10.8 Å². The Hall–Kier alpha value is -2.90. The van der Waals surface area contributed by atoms with Crippen LogP contribution in [-0.2, 0) is 19.6 Å². The Labute approximate surface area is 248 Å². The van der Waals surface area contributed by atoms with Gasteiger partial charge < -0.3 is 19.1 Å². The van der Waals surface area contributed by atoms with Crippen molar-refractivity contribution in [3.8, 4) is 17.0 Å². The molecular weight excluding hydrogens is 532 g/mol. The highest BCUT2D eigenvalue weighted by Gasteiger charge is 2.25. The number of hydrogen-bond acceptors (Lipinski definition) is 5. The third-order valence-electron chi connectivity index (χ3n) is 9.07. The van der Waals surface area contributed by atoms with E-state index in [1.807, 2.05) is 12.3 Å². The number of piperazine rings is 1. The molecule has 0 atom stereocenters. The van der Waals surface area contributed by atoms with E-state index in [1.54, 1.807) is 13.2 Å². The van der Waals surface area contributed by atoms with Crippen molar-refractivity contribution in [3.63, 3.8) is 0 Å². The fourth-order valence-electron chi connectivity index (χ4n) is 6.69. The first kappa shape index (κ1) is 28.2. The highest BCUT2D eigenvalue weighted by Crippen LogP contribution is 2.35. The minimum atomic E-state index is -0.102. The van der Waals surface area contributed by atoms with Gasteiger partial charge in [0.2, 0.25) is 0 Å². The van der Waals surface area contributed by atoms with Crippen molar-refractivity contribution in [2.24, 2.45) is 11.8 Å². The highest BCUT2D eigenvalue weighted by molar-refractivity contribution is 6.32. The molecule has 0 radical (unpaired) electrons. The maximum absolute atomic E-state index is 9.92. The fraction of sp³-hybridized carbons (Fsp3) is 0.441. The van der Waals surface area contributed by atoms with Gasteiger partial charge in [0.1, 0.15) is 11.4 Å². The minimum Gasteiger partial charge on any atom is -0.495 e. The summed E-state index contributed by atoms with van der Waals surface area (Å²) in [7, 11) is 1.58. The number of methoxy groups -OCH3 is 1. The zero-order chi connectivity index (χ0) is 28.2. The molecule has 0 bridgehead atoms. The van der Waals surface area contributed by atoms with Crippen LogP contribution in [-0.4, -0.2) is 64.1 Å². The summed E-state index contributed by atoms with van der Waals surface area (Å²) in [4.78, 5) is 10.2. The molecule has 6 rings (SSSR count). The summed E-state index contributed by atoms with van der Waals surface area (Å²) < 4.78 is 7.37. The summed E-state index contributed by atoms with van der Waals surface area (Å²) in [6.45, 7) is 6.98. The van der Waals surface area contributed by atoms with E-state index in [2.05, 4.69) is 62.9 Å². The number of pyridine rings is 1. The number of imidazole rings is 1. The Morgan fingerprint density at radius 1 is 0.902 bits per heavy atom. The first-order chi connectivity index (χ1) is 20.1. The van der Waals surface area contributed by atoms with E-state index in [1.165, 1.54) is 69.5 Å². The summed E-state index contributed by atoms with van der Waals surface area (Å²) in [5, 5.41) is 10.4. The number of aliphatic hydroxyl groups excluding tert-OH is 1. The summed E-state index contributed by atoms with van der Waals surface area (Å²) >= 11 is 6.39. The van der Waals surface area contributed by atoms with Crippen molar-refractivity contribution in [1.29, 1.82) is 0 Å². The van der Waals surface area contributed by atoms with Crippen molar-refractivity contribution in [2.45, 2.75) is 45.3 Å². The van der Waals surface area contributed by atoms with Crippen LogP contribution in [0.4, 0.5) is 0 Å². The number of hydrogen-bond donors (Lipinski definition) is 1. The molecule has 2 aromatic carbocycles. The topological polar surface area (TPSA) is 53.2 Å². The number of benzene rings is 2. The van der Waals surface area contributed by atoms with Gasteiger partial charge in [0.05, 0.1) is 24.4 Å². The molecule has 1 saturated carbocycles. The lowest BCUT2D eigenvalue weighted by molar-refractivity contribution is 0.101. The van der Waals surface area contributed by atoms with E-state index in [0.717, 1.165) is 47.3 Å². The molecule has 6 nitrogen and oxygen atoms in total. The van der Waals surface area contributed by atoms with Gasteiger partial charge in [0, 0.05) is 57.2 Å². The number of aromatic nitrogens is 2. The van der Waals surface area contributed by atoms with Crippen molar-refractivity contribution in [1.82, 2.24) is 19.2 Å². The van der Waals surface area contributed by atoms with Gasteiger partial charge in [-0.1, -0.05) is 41.9 Å². The first-order valence-electron chi connectivity index (χ1n) is 15.0. The molecule has 2 aliphatic rings. The van der Waals surface area contributed by atoms with Crippen molar-refractivity contribution >= 4 is 17.2 Å². The van der Waals surface area contributed by atoms with E-state index in [4.69, 9.17) is 21.3 Å². The molecule has 1 aliphatic heterocycles. The average molecular weight is 573 g/mol. The molecule has 1 saturated heterocycles. The molecule has 216 valence electrons. The third-order valence-corrected chi connectivity index (χ3v) is 9.36. The second-order valence-electron chi connectivity index (χ2n) is 11.9. The van der Waals surface area contributed by atoms with Crippen LogP contribution in [0.15, 0.2) is 67.0 Å². The lowest BCUT2D eigenvalue weighted by Gasteiger charge is -2.38. The Bertz CT molecular complexity index is 1440. The number of nitrogens with zero attached hydrogens (tertiary/aromatic N) is 4. The molecule has 0 unspecified atom stereocenters. The molecule has 2 aromatic heterocycles. The number of ether oxygens (including phenoxy) is 1. The first-order valence-corrected chi connectivity index (χ1v) is 15.4. The number of fused-ring (bicyclic) bond motifs is 1. The van der Waals surface area contributed by atoms with Crippen LogP contribution < -0.4 is 4.74 Å². The molecule has 41 heavy (non-hydrogen) atoms. The van der Waals surface area contributed by atoms with Gasteiger partial charge in [0.15, 0.2) is 0 Å². The molecule has 1 N–H and O–H groups in total. The summed E-state index contributed by atoms with van der Waals surface area (Å²) in [5.41, 5.74) is 6.08. The molecule has 0 spiro atoms. The summed E-state index contributed by atoms with van der Waals surface area (Å²) in [6.07, 6.45) is 10.5. The molecule has 4 aromatic rings. The van der Waals surface area contributed by atoms with Gasteiger partial charge in [-0.2, -0.15) is 0 Å². The second kappa shape index (κ2) is 13.0. The normalized spacial score (nSPS) is 20.5. The quantitative estimate of drug-likeness (QED) is 0.254. The maximum Gasteiger partial charge on any atom is 0.137 e. The average Bonchev–Trinajstić information content (AvgIpc) is 3.43. The SMILES string of the molecule is COc1cc(CO)c(-c2cn3ccc(CC4CCC(CN5CCN(Cc6ccccc6)CC5)CC4)cc3n2)cc1Cl. The smallest absolute Gasteiger partial charge is 0.137 e. The largest absolute Gasteiger partial charge is 0.495 e. The molecule has 0 amide bonds. The number of rotatable bonds is 9. The van der Waals surface area contributed by atoms with Gasteiger partial charge in [-0.25, -0.2) is 4.98 Å². The van der Waals surface area contributed by atoms with Gasteiger partial charge in [0.25, 0.3) is 0 Å². The zero-order valence-electron chi connectivity index (χ0n) is 24.0. The Morgan fingerprint density at radius 2 is 1.63 bits per heavy atom. The van der Waals surface area contributed by atoms with E-state index in [9.17, 15) is 5.11 Å². The van der Waals surface area contributed by atoms with Gasteiger partial charge >= 0.3 is 0 Å². The monoisotopic (exact) mass is 572 g/mol. The lowest BCUT2D eigenvalue weighted by atomic mass is 9.79. The van der Waals surface area contributed by atoms with Gasteiger partial charge in [-0.15, -0.1) is 0 Å². The van der Waals surface area contributed by atoms with Crippen LogP contribution in [0, 0.1) is 11.8 Å². The Balaban J connectivity index is 1.00. The van der Waals surface area contributed by atoms with E-state index >= 15 is 0 Å². The van der Waals surface area contributed by atoms with E-state index < -0.39 is 0 Å². The fourth-order valence-corrected chi connectivity index (χ4v) is 6.93. The molecule has 7 heteroatoms. The molecule has 2 fully saturated rings. The third kappa shape index (κ3) is 6.78. The van der Waals surface area contributed by atoms with Crippen LogP contribution >= 0.6 is 11.6 Å². The van der Waals surface area contributed by atoms with Crippen molar-refractivity contribution < 1.29 is 9.84 Å². The molecule has 3 heterocycles. The molecule has 1 aliphatic carbocycles. The van der Waals surface area contributed by atoms with Crippen LogP contribution in [0.1, 0.15) is 42.4 Å². The lowest BCUT2D eigenvalue weighted by Crippen LogP contribution is -2.47. The van der Waals surface area contributed by atoms with Crippen molar-refractivity contribution in [2.75, 3.05) is 39.8 Å². The van der Waals surface area contributed by atoms with Crippen molar-refractivity contribution in [3.05, 3.63) is 88.7 Å². The number of aliphatic hydroxyl groups is 1. The standard InChI is InChI=1S/C34H41ClN4O2/c1-41-33-19-29(24-40)30(20-31(33)35)32-23-39-12-11-28(18-34(39)36-32)17-25-7-9-27(10-8-25)22-38-15-13-37(14-16-38)21-26-5-3-2-4-6-26/h2-6,11-12,18-20,23,25,27,40H,7-10,13-17,21-22,24H2,1H3. The Morgan fingerprint density at radius 3 is 2.37 bits per heavy atom. The van der Waals surface area contributed by atoms with Gasteiger partial charge in [-0.3, -0.25) is 4.90 Å². The summed E-state index contributed by atoms with van der Waals surface area (Å²) in [5.74, 6) is 2.13. The Kier molecular flexibility index (Phi) is 8.92. The highest BCUT2D eigenvalue weighted by atomic mass is 35.5. The second-order valence-corrected chi connectivity index (χ2v) is 12.3. The van der Waals surface area contributed by atoms with Crippen LogP contribution in [0.5, 0.6) is 5.75 Å². The minimum absolute atomic E-state index is 0.102. The van der Waals surface area contributed by atoms with Crippen LogP contribution in [0.25, 0.3) is 16.9 Å². The predicted octanol–water partition coefficient (Wildman–Crippen LogP) is 6.32. The zero-order valence-corrected chi connectivity index (χ0v) is 24.8. The van der Waals surface area contributed by atoms with Crippen LogP contribution in [0.2, 0.25) is 5.02 Å². The van der Waals surface area contributed by atoms with Crippen LogP contribution in [0.3, 0.4) is 0 Å². The predicted molar refractivity (Wildman–Crippen MR) is 165 cm³/mol. The number of halogens is 1. The summed E-state index contributed by atoms with van der Waals surface area (Å²) in [6, 6.07) is 18.9. The molecular formula is C34H41ClN4O2. The van der Waals surface area contributed by atoms with Gasteiger partial charge in [-0.05, 0) is 84.9 Å².